The van der Waals surface area contributed by atoms with Crippen molar-refractivity contribution in [3.8, 4) is 34.6 Å². The van der Waals surface area contributed by atoms with Gasteiger partial charge in [-0.1, -0.05) is 72.8 Å². The van der Waals surface area contributed by atoms with Crippen LogP contribution >= 0.6 is 0 Å². The molecule has 0 aliphatic carbocycles. The molecular weight excluding hydrogens is 512 g/mol. The highest BCUT2D eigenvalue weighted by Crippen LogP contribution is 2.40. The van der Waals surface area contributed by atoms with Gasteiger partial charge >= 0.3 is 0 Å². The van der Waals surface area contributed by atoms with Crippen molar-refractivity contribution in [1.82, 2.24) is 9.13 Å². The Morgan fingerprint density at radius 1 is 0.405 bits per heavy atom. The Morgan fingerprint density at radius 2 is 0.905 bits per heavy atom. The fraction of sp³-hybridized carbons (Fsp3) is 0. The van der Waals surface area contributed by atoms with Crippen LogP contribution in [-0.4, -0.2) is 9.13 Å². The highest BCUT2D eigenvalue weighted by Gasteiger charge is 2.18. The van der Waals surface area contributed by atoms with E-state index in [0.717, 1.165) is 33.5 Å². The van der Waals surface area contributed by atoms with Crippen LogP contribution in [0.3, 0.4) is 0 Å². The Balaban J connectivity index is 1.42. The molecule has 4 nitrogen and oxygen atoms in total. The highest BCUT2D eigenvalue weighted by atomic mass is 15.0. The summed E-state index contributed by atoms with van der Waals surface area (Å²) in [6, 6.07) is 50.2. The maximum Gasteiger partial charge on any atom is 0.0998 e. The molecule has 0 spiro atoms. The molecule has 0 aliphatic heterocycles. The van der Waals surface area contributed by atoms with Gasteiger partial charge in [0, 0.05) is 38.5 Å². The van der Waals surface area contributed by atoms with E-state index in [1.165, 1.54) is 27.1 Å². The number of nitriles is 2. The van der Waals surface area contributed by atoms with Crippen molar-refractivity contribution in [1.29, 1.82) is 10.5 Å². The average Bonchev–Trinajstić information content (AvgIpc) is 3.56. The lowest BCUT2D eigenvalue weighted by molar-refractivity contribution is 1.16. The fourth-order valence-electron chi connectivity index (χ4n) is 6.39. The zero-order valence-electron chi connectivity index (χ0n) is 22.5. The van der Waals surface area contributed by atoms with Gasteiger partial charge in [-0.3, -0.25) is 0 Å². The first-order chi connectivity index (χ1) is 20.8. The lowest BCUT2D eigenvalue weighted by atomic mass is 9.95. The van der Waals surface area contributed by atoms with Gasteiger partial charge in [0.15, 0.2) is 0 Å². The minimum absolute atomic E-state index is 0.495. The van der Waals surface area contributed by atoms with E-state index in [-0.39, 0.29) is 0 Å². The van der Waals surface area contributed by atoms with E-state index < -0.39 is 0 Å². The molecule has 0 saturated carbocycles. The summed E-state index contributed by atoms with van der Waals surface area (Å²) in [7, 11) is 0. The molecule has 0 saturated heterocycles. The van der Waals surface area contributed by atoms with Gasteiger partial charge < -0.3 is 9.13 Å². The van der Waals surface area contributed by atoms with Crippen LogP contribution in [0.4, 0.5) is 0 Å². The summed E-state index contributed by atoms with van der Waals surface area (Å²) in [5.74, 6) is 0. The molecular formula is C38H22N4. The van der Waals surface area contributed by atoms with Crippen molar-refractivity contribution in [3.05, 3.63) is 145 Å². The first-order valence-electron chi connectivity index (χ1n) is 13.8. The largest absolute Gasteiger partial charge is 0.309 e. The second-order valence-electron chi connectivity index (χ2n) is 10.4. The van der Waals surface area contributed by atoms with E-state index in [1.807, 2.05) is 18.2 Å². The molecule has 2 aromatic heterocycles. The van der Waals surface area contributed by atoms with Crippen LogP contribution in [0, 0.1) is 22.7 Å². The SMILES string of the molecule is N#Cc1cccc(C#N)c1-c1ccc(-n2c3ccccc3c3cc4c5ccccc5n(-c5ccccc5)c4cc32)cc1. The molecule has 0 bridgehead atoms. The normalized spacial score (nSPS) is 11.3. The summed E-state index contributed by atoms with van der Waals surface area (Å²) in [4.78, 5) is 0. The highest BCUT2D eigenvalue weighted by molar-refractivity contribution is 6.19. The van der Waals surface area contributed by atoms with E-state index in [1.54, 1.807) is 18.2 Å². The van der Waals surface area contributed by atoms with Crippen LogP contribution in [0.25, 0.3) is 66.1 Å². The maximum absolute atomic E-state index is 9.72. The summed E-state index contributed by atoms with van der Waals surface area (Å²) < 4.78 is 4.65. The smallest absolute Gasteiger partial charge is 0.0998 e. The molecule has 194 valence electrons. The zero-order valence-corrected chi connectivity index (χ0v) is 22.5. The number of hydrogen-bond acceptors (Lipinski definition) is 2. The standard InChI is InChI=1S/C38H22N4/c39-23-26-9-8-10-27(24-40)38(26)25-17-19-29(20-18-25)42-35-16-7-5-14-31(35)33-21-32-30-13-4-6-15-34(30)41(36(32)22-37(33)42)28-11-2-1-3-12-28/h1-22H. The Hall–Kier alpha value is -6.10. The van der Waals surface area contributed by atoms with Crippen molar-refractivity contribution in [3.63, 3.8) is 0 Å². The van der Waals surface area contributed by atoms with Gasteiger partial charge in [-0.15, -0.1) is 0 Å². The van der Waals surface area contributed by atoms with Crippen molar-refractivity contribution < 1.29 is 0 Å². The topological polar surface area (TPSA) is 57.4 Å². The van der Waals surface area contributed by atoms with Crippen molar-refractivity contribution in [2.75, 3.05) is 0 Å². The second kappa shape index (κ2) is 9.24. The number of nitrogens with zero attached hydrogens (tertiary/aromatic N) is 4. The minimum Gasteiger partial charge on any atom is -0.309 e. The molecule has 42 heavy (non-hydrogen) atoms. The molecule has 0 radical (unpaired) electrons. The van der Waals surface area contributed by atoms with Gasteiger partial charge in [0.05, 0.1) is 45.3 Å². The maximum atomic E-state index is 9.72. The first kappa shape index (κ1) is 23.8. The molecule has 0 fully saturated rings. The van der Waals surface area contributed by atoms with Crippen LogP contribution < -0.4 is 0 Å². The molecule has 0 amide bonds. The molecule has 0 atom stereocenters. The van der Waals surface area contributed by atoms with E-state index >= 15 is 0 Å². The Morgan fingerprint density at radius 3 is 1.45 bits per heavy atom. The summed E-state index contributed by atoms with van der Waals surface area (Å²) in [5, 5.41) is 24.3. The number of hydrogen-bond donors (Lipinski definition) is 0. The molecule has 0 aliphatic rings. The Labute approximate surface area is 242 Å². The van der Waals surface area contributed by atoms with Crippen LogP contribution in [0.5, 0.6) is 0 Å². The summed E-state index contributed by atoms with van der Waals surface area (Å²) >= 11 is 0. The number of para-hydroxylation sites is 3. The van der Waals surface area contributed by atoms with Gasteiger partial charge in [0.25, 0.3) is 0 Å². The van der Waals surface area contributed by atoms with Gasteiger partial charge in [-0.05, 0) is 66.2 Å². The lowest BCUT2D eigenvalue weighted by Crippen LogP contribution is -1.96. The van der Waals surface area contributed by atoms with Gasteiger partial charge in [0.2, 0.25) is 0 Å². The minimum atomic E-state index is 0.495. The summed E-state index contributed by atoms with van der Waals surface area (Å²) in [5.41, 5.74) is 9.22. The van der Waals surface area contributed by atoms with E-state index in [2.05, 4.69) is 118 Å². The number of fused-ring (bicyclic) bond motifs is 6. The number of benzene rings is 6. The number of rotatable bonds is 3. The van der Waals surface area contributed by atoms with Gasteiger partial charge in [-0.25, -0.2) is 0 Å². The van der Waals surface area contributed by atoms with E-state index in [4.69, 9.17) is 0 Å². The Bertz CT molecular complexity index is 2380. The van der Waals surface area contributed by atoms with Crippen molar-refractivity contribution >= 4 is 43.6 Å². The van der Waals surface area contributed by atoms with Crippen LogP contribution in [0.1, 0.15) is 11.1 Å². The third-order valence-electron chi connectivity index (χ3n) is 8.20. The lowest BCUT2D eigenvalue weighted by Gasteiger charge is -2.12. The van der Waals surface area contributed by atoms with Crippen LogP contribution in [0.15, 0.2) is 133 Å². The van der Waals surface area contributed by atoms with E-state index in [0.29, 0.717) is 16.7 Å². The second-order valence-corrected chi connectivity index (χ2v) is 10.4. The zero-order chi connectivity index (χ0) is 28.2. The predicted octanol–water partition coefficient (Wildman–Crippen LogP) is 9.29. The monoisotopic (exact) mass is 534 g/mol. The fourth-order valence-corrected chi connectivity index (χ4v) is 6.39. The molecule has 0 unspecified atom stereocenters. The van der Waals surface area contributed by atoms with Gasteiger partial charge in [-0.2, -0.15) is 10.5 Å². The van der Waals surface area contributed by atoms with Crippen molar-refractivity contribution in [2.45, 2.75) is 0 Å². The predicted molar refractivity (Wildman–Crippen MR) is 170 cm³/mol. The molecule has 8 rings (SSSR count). The van der Waals surface area contributed by atoms with Gasteiger partial charge in [0.1, 0.15) is 0 Å². The number of aromatic nitrogens is 2. The van der Waals surface area contributed by atoms with Crippen LogP contribution in [-0.2, 0) is 0 Å². The summed E-state index contributed by atoms with van der Waals surface area (Å²) in [6.07, 6.45) is 0. The third-order valence-corrected chi connectivity index (χ3v) is 8.20. The van der Waals surface area contributed by atoms with Crippen LogP contribution in [0.2, 0.25) is 0 Å². The van der Waals surface area contributed by atoms with E-state index in [9.17, 15) is 10.5 Å². The average molecular weight is 535 g/mol. The third kappa shape index (κ3) is 3.40. The molecule has 4 heteroatoms. The molecule has 6 aromatic carbocycles. The van der Waals surface area contributed by atoms with Crippen molar-refractivity contribution in [2.24, 2.45) is 0 Å². The quantitative estimate of drug-likeness (QED) is 0.227. The first-order valence-corrected chi connectivity index (χ1v) is 13.8. The molecule has 2 heterocycles. The molecule has 0 N–H and O–H groups in total. The molecule has 8 aromatic rings. The summed E-state index contributed by atoms with van der Waals surface area (Å²) in [6.45, 7) is 0. The Kier molecular flexibility index (Phi) is 5.22.